The maximum atomic E-state index is 12.9. The SMILES string of the molecule is CC(C)NC(CO)c1cccc(F)c1. The van der Waals surface area contributed by atoms with Crippen LogP contribution in [0.3, 0.4) is 0 Å². The molecule has 2 N–H and O–H groups in total. The number of halogens is 1. The third-order valence-corrected chi connectivity index (χ3v) is 1.97. The molecule has 0 spiro atoms. The fourth-order valence-corrected chi connectivity index (χ4v) is 1.38. The maximum Gasteiger partial charge on any atom is 0.123 e. The van der Waals surface area contributed by atoms with Crippen LogP contribution in [-0.2, 0) is 0 Å². The summed E-state index contributed by atoms with van der Waals surface area (Å²) in [5, 5.41) is 12.3. The summed E-state index contributed by atoms with van der Waals surface area (Å²) in [5.74, 6) is -0.272. The van der Waals surface area contributed by atoms with Crippen molar-refractivity contribution < 1.29 is 9.50 Å². The Bertz CT molecular complexity index is 288. The van der Waals surface area contributed by atoms with E-state index in [1.54, 1.807) is 12.1 Å². The third-order valence-electron chi connectivity index (χ3n) is 1.97. The van der Waals surface area contributed by atoms with Gasteiger partial charge >= 0.3 is 0 Å². The summed E-state index contributed by atoms with van der Waals surface area (Å²) >= 11 is 0. The van der Waals surface area contributed by atoms with Crippen molar-refractivity contribution in [2.45, 2.75) is 25.9 Å². The van der Waals surface area contributed by atoms with E-state index in [1.165, 1.54) is 12.1 Å². The second-order valence-corrected chi connectivity index (χ2v) is 3.61. The van der Waals surface area contributed by atoms with Crippen LogP contribution in [0.1, 0.15) is 25.5 Å². The molecule has 0 bridgehead atoms. The predicted octanol–water partition coefficient (Wildman–Crippen LogP) is 1.86. The van der Waals surface area contributed by atoms with Gasteiger partial charge in [-0.1, -0.05) is 26.0 Å². The summed E-state index contributed by atoms with van der Waals surface area (Å²) < 4.78 is 12.9. The van der Waals surface area contributed by atoms with Crippen molar-refractivity contribution in [3.05, 3.63) is 35.6 Å². The Morgan fingerprint density at radius 2 is 2.14 bits per heavy atom. The van der Waals surface area contributed by atoms with E-state index in [0.29, 0.717) is 0 Å². The van der Waals surface area contributed by atoms with E-state index >= 15 is 0 Å². The van der Waals surface area contributed by atoms with Gasteiger partial charge in [-0.15, -0.1) is 0 Å². The Morgan fingerprint density at radius 1 is 1.43 bits per heavy atom. The van der Waals surface area contributed by atoms with E-state index in [2.05, 4.69) is 5.32 Å². The van der Waals surface area contributed by atoms with Crippen molar-refractivity contribution in [2.24, 2.45) is 0 Å². The average molecular weight is 197 g/mol. The standard InChI is InChI=1S/C11H16FNO/c1-8(2)13-11(7-14)9-4-3-5-10(12)6-9/h3-6,8,11,13-14H,7H2,1-2H3. The lowest BCUT2D eigenvalue weighted by molar-refractivity contribution is 0.237. The van der Waals surface area contributed by atoms with Crippen molar-refractivity contribution in [1.29, 1.82) is 0 Å². The molecular weight excluding hydrogens is 181 g/mol. The zero-order valence-corrected chi connectivity index (χ0v) is 8.50. The number of hydrogen-bond acceptors (Lipinski definition) is 2. The predicted molar refractivity (Wildman–Crippen MR) is 54.5 cm³/mol. The molecule has 0 aromatic heterocycles. The second-order valence-electron chi connectivity index (χ2n) is 3.61. The van der Waals surface area contributed by atoms with Crippen LogP contribution in [-0.4, -0.2) is 17.8 Å². The van der Waals surface area contributed by atoms with Crippen molar-refractivity contribution in [3.63, 3.8) is 0 Å². The van der Waals surface area contributed by atoms with Crippen LogP contribution < -0.4 is 5.32 Å². The molecule has 0 radical (unpaired) electrons. The van der Waals surface area contributed by atoms with E-state index in [-0.39, 0.29) is 24.5 Å². The fourth-order valence-electron chi connectivity index (χ4n) is 1.38. The van der Waals surface area contributed by atoms with Crippen molar-refractivity contribution in [2.75, 3.05) is 6.61 Å². The van der Waals surface area contributed by atoms with Crippen LogP contribution >= 0.6 is 0 Å². The van der Waals surface area contributed by atoms with Crippen LogP contribution in [0, 0.1) is 5.82 Å². The van der Waals surface area contributed by atoms with Gasteiger partial charge in [0.15, 0.2) is 0 Å². The monoisotopic (exact) mass is 197 g/mol. The van der Waals surface area contributed by atoms with Gasteiger partial charge in [0.25, 0.3) is 0 Å². The second kappa shape index (κ2) is 5.08. The molecule has 1 rings (SSSR count). The molecular formula is C11H16FNO. The highest BCUT2D eigenvalue weighted by Crippen LogP contribution is 2.14. The minimum Gasteiger partial charge on any atom is -0.394 e. The highest BCUT2D eigenvalue weighted by molar-refractivity contribution is 5.20. The van der Waals surface area contributed by atoms with E-state index in [0.717, 1.165) is 5.56 Å². The molecule has 0 fully saturated rings. The van der Waals surface area contributed by atoms with Gasteiger partial charge in [-0.2, -0.15) is 0 Å². The van der Waals surface area contributed by atoms with E-state index in [9.17, 15) is 4.39 Å². The molecule has 1 aromatic rings. The zero-order chi connectivity index (χ0) is 10.6. The average Bonchev–Trinajstić information content (AvgIpc) is 2.14. The molecule has 2 nitrogen and oxygen atoms in total. The number of aliphatic hydroxyl groups is 1. The van der Waals surface area contributed by atoms with Crippen molar-refractivity contribution in [1.82, 2.24) is 5.32 Å². The Labute approximate surface area is 83.8 Å². The van der Waals surface area contributed by atoms with Crippen LogP contribution in [0.25, 0.3) is 0 Å². The molecule has 0 aliphatic carbocycles. The molecule has 0 amide bonds. The van der Waals surface area contributed by atoms with Crippen molar-refractivity contribution in [3.8, 4) is 0 Å². The first kappa shape index (κ1) is 11.1. The molecule has 78 valence electrons. The molecule has 14 heavy (non-hydrogen) atoms. The third kappa shape index (κ3) is 3.09. The normalized spacial score (nSPS) is 13.2. The van der Waals surface area contributed by atoms with Gasteiger partial charge in [0.2, 0.25) is 0 Å². The van der Waals surface area contributed by atoms with Gasteiger partial charge in [-0.25, -0.2) is 4.39 Å². The molecule has 0 heterocycles. The summed E-state index contributed by atoms with van der Waals surface area (Å²) in [6, 6.07) is 6.36. The molecule has 0 aliphatic rings. The van der Waals surface area contributed by atoms with Crippen LogP contribution in [0.4, 0.5) is 4.39 Å². The quantitative estimate of drug-likeness (QED) is 0.772. The number of aliphatic hydroxyl groups excluding tert-OH is 1. The summed E-state index contributed by atoms with van der Waals surface area (Å²) in [4.78, 5) is 0. The number of hydrogen-bond donors (Lipinski definition) is 2. The highest BCUT2D eigenvalue weighted by Gasteiger charge is 2.11. The minimum absolute atomic E-state index is 0.0262. The van der Waals surface area contributed by atoms with Gasteiger partial charge < -0.3 is 10.4 Å². The van der Waals surface area contributed by atoms with Crippen LogP contribution in [0.15, 0.2) is 24.3 Å². The van der Waals surface area contributed by atoms with Crippen LogP contribution in [0.5, 0.6) is 0 Å². The minimum atomic E-state index is -0.272. The van der Waals surface area contributed by atoms with Crippen LogP contribution in [0.2, 0.25) is 0 Å². The zero-order valence-electron chi connectivity index (χ0n) is 8.50. The van der Waals surface area contributed by atoms with Gasteiger partial charge in [0.05, 0.1) is 12.6 Å². The Morgan fingerprint density at radius 3 is 2.64 bits per heavy atom. The number of rotatable bonds is 4. The number of benzene rings is 1. The Hall–Kier alpha value is -0.930. The van der Waals surface area contributed by atoms with Crippen molar-refractivity contribution >= 4 is 0 Å². The molecule has 0 saturated carbocycles. The first-order valence-corrected chi connectivity index (χ1v) is 4.76. The molecule has 0 saturated heterocycles. The molecule has 3 heteroatoms. The van der Waals surface area contributed by atoms with E-state index < -0.39 is 0 Å². The van der Waals surface area contributed by atoms with Gasteiger partial charge in [-0.3, -0.25) is 0 Å². The Balaban J connectivity index is 2.78. The lowest BCUT2D eigenvalue weighted by atomic mass is 10.1. The lowest BCUT2D eigenvalue weighted by Crippen LogP contribution is -2.30. The van der Waals surface area contributed by atoms with E-state index in [1.807, 2.05) is 13.8 Å². The Kier molecular flexibility index (Phi) is 4.04. The fraction of sp³-hybridized carbons (Fsp3) is 0.455. The number of nitrogens with one attached hydrogen (secondary N) is 1. The summed E-state index contributed by atoms with van der Waals surface area (Å²) in [7, 11) is 0. The van der Waals surface area contributed by atoms with Gasteiger partial charge in [0.1, 0.15) is 5.82 Å². The summed E-state index contributed by atoms with van der Waals surface area (Å²) in [6.07, 6.45) is 0. The van der Waals surface area contributed by atoms with E-state index in [4.69, 9.17) is 5.11 Å². The molecule has 0 aliphatic heterocycles. The summed E-state index contributed by atoms with van der Waals surface area (Å²) in [5.41, 5.74) is 0.779. The molecule has 1 atom stereocenters. The first-order chi connectivity index (χ1) is 6.63. The van der Waals surface area contributed by atoms with Gasteiger partial charge in [0, 0.05) is 6.04 Å². The lowest BCUT2D eigenvalue weighted by Gasteiger charge is -2.19. The molecule has 1 aromatic carbocycles. The topological polar surface area (TPSA) is 32.3 Å². The first-order valence-electron chi connectivity index (χ1n) is 4.76. The molecule has 1 unspecified atom stereocenters. The summed E-state index contributed by atoms with van der Waals surface area (Å²) in [6.45, 7) is 3.95. The van der Waals surface area contributed by atoms with Gasteiger partial charge in [-0.05, 0) is 17.7 Å². The highest BCUT2D eigenvalue weighted by atomic mass is 19.1. The smallest absolute Gasteiger partial charge is 0.123 e. The largest absolute Gasteiger partial charge is 0.394 e. The maximum absolute atomic E-state index is 12.9.